The van der Waals surface area contributed by atoms with Gasteiger partial charge in [0, 0.05) is 18.0 Å². The van der Waals surface area contributed by atoms with Gasteiger partial charge >= 0.3 is 6.03 Å². The second-order valence-electron chi connectivity index (χ2n) is 6.05. The Morgan fingerprint density at radius 3 is 2.82 bits per heavy atom. The van der Waals surface area contributed by atoms with Crippen molar-refractivity contribution >= 4 is 17.8 Å². The van der Waals surface area contributed by atoms with Crippen LogP contribution in [0.5, 0.6) is 0 Å². The van der Waals surface area contributed by atoms with Gasteiger partial charge in [0.05, 0.1) is 0 Å². The van der Waals surface area contributed by atoms with Crippen LogP contribution in [-0.2, 0) is 4.79 Å². The summed E-state index contributed by atoms with van der Waals surface area (Å²) >= 11 is 0. The molecule has 2 fully saturated rings. The molecule has 1 spiro atoms. The van der Waals surface area contributed by atoms with E-state index in [0.717, 1.165) is 18.4 Å². The molecule has 1 saturated carbocycles. The Hall–Kier alpha value is -2.31. The maximum Gasteiger partial charge on any atom is 0.322 e. The van der Waals surface area contributed by atoms with E-state index in [-0.39, 0.29) is 17.7 Å². The lowest BCUT2D eigenvalue weighted by Gasteiger charge is -2.28. The van der Waals surface area contributed by atoms with Gasteiger partial charge < -0.3 is 15.1 Å². The van der Waals surface area contributed by atoms with Crippen molar-refractivity contribution in [3.05, 3.63) is 23.2 Å². The van der Waals surface area contributed by atoms with Crippen molar-refractivity contribution in [1.29, 1.82) is 0 Å². The molecule has 2 heterocycles. The van der Waals surface area contributed by atoms with Gasteiger partial charge in [-0.05, 0) is 32.8 Å². The Kier molecular flexibility index (Phi) is 3.42. The summed E-state index contributed by atoms with van der Waals surface area (Å²) in [5.74, 6) is 0.280. The number of amides is 4. The van der Waals surface area contributed by atoms with E-state index in [1.54, 1.807) is 13.0 Å². The summed E-state index contributed by atoms with van der Waals surface area (Å²) < 4.78 is 5.39. The molecule has 4 amide bonds. The third kappa shape index (κ3) is 2.26. The number of carbonyl (C=O) groups is 3. The predicted molar refractivity (Wildman–Crippen MR) is 77.3 cm³/mol. The molecular formula is C15H19N3O4. The number of hydrogen-bond acceptors (Lipinski definition) is 4. The van der Waals surface area contributed by atoms with Crippen LogP contribution in [0.3, 0.4) is 0 Å². The summed E-state index contributed by atoms with van der Waals surface area (Å²) in [6, 6.07) is 1.34. The second-order valence-corrected chi connectivity index (χ2v) is 6.05. The largest absolute Gasteiger partial charge is 0.456 e. The summed E-state index contributed by atoms with van der Waals surface area (Å²) in [7, 11) is 0. The highest BCUT2D eigenvalue weighted by Crippen LogP contribution is 2.37. The highest BCUT2D eigenvalue weighted by molar-refractivity contribution is 6.07. The maximum atomic E-state index is 12.2. The Bertz CT molecular complexity index is 651. The Balaban J connectivity index is 1.68. The van der Waals surface area contributed by atoms with Gasteiger partial charge in [-0.2, -0.15) is 0 Å². The maximum absolute atomic E-state index is 12.2. The molecule has 1 aromatic heterocycles. The Morgan fingerprint density at radius 1 is 1.45 bits per heavy atom. The molecule has 7 heteroatoms. The highest BCUT2D eigenvalue weighted by atomic mass is 16.3. The van der Waals surface area contributed by atoms with Crippen LogP contribution in [0.4, 0.5) is 4.79 Å². The smallest absolute Gasteiger partial charge is 0.322 e. The molecule has 2 atom stereocenters. The van der Waals surface area contributed by atoms with Crippen molar-refractivity contribution in [2.24, 2.45) is 5.92 Å². The van der Waals surface area contributed by atoms with Crippen molar-refractivity contribution in [2.45, 2.75) is 38.6 Å². The molecular weight excluding hydrogens is 286 g/mol. The molecule has 0 radical (unpaired) electrons. The topological polar surface area (TPSA) is 100 Å². The quantitative estimate of drug-likeness (QED) is 0.725. The van der Waals surface area contributed by atoms with Crippen LogP contribution >= 0.6 is 0 Å². The number of urea groups is 1. The van der Waals surface area contributed by atoms with Crippen molar-refractivity contribution in [3.8, 4) is 0 Å². The van der Waals surface area contributed by atoms with Crippen molar-refractivity contribution < 1.29 is 18.8 Å². The number of hydrogen-bond donors (Lipinski definition) is 3. The first-order valence-corrected chi connectivity index (χ1v) is 7.41. The highest BCUT2D eigenvalue weighted by Gasteiger charge is 2.54. The third-order valence-corrected chi connectivity index (χ3v) is 4.55. The number of furan rings is 1. The van der Waals surface area contributed by atoms with Gasteiger partial charge in [0.25, 0.3) is 11.8 Å². The lowest BCUT2D eigenvalue weighted by molar-refractivity contribution is -0.125. The first kappa shape index (κ1) is 14.6. The first-order valence-electron chi connectivity index (χ1n) is 7.41. The van der Waals surface area contributed by atoms with Crippen LogP contribution in [0.1, 0.15) is 41.1 Å². The minimum Gasteiger partial charge on any atom is -0.456 e. The summed E-state index contributed by atoms with van der Waals surface area (Å²) in [6.07, 6.45) is 2.22. The zero-order chi connectivity index (χ0) is 15.9. The Labute approximate surface area is 127 Å². The molecule has 2 unspecified atom stereocenters. The monoisotopic (exact) mass is 305 g/mol. The average molecular weight is 305 g/mol. The number of nitrogens with one attached hydrogen (secondary N) is 3. The van der Waals surface area contributed by atoms with Gasteiger partial charge in [0.1, 0.15) is 11.3 Å². The SMILES string of the molecule is Cc1cc(C)c(C(=O)NCC2CCCC23NC(=O)NC3=O)o1. The summed E-state index contributed by atoms with van der Waals surface area (Å²) in [5, 5.41) is 7.84. The summed E-state index contributed by atoms with van der Waals surface area (Å²) in [6.45, 7) is 3.92. The fourth-order valence-corrected chi connectivity index (χ4v) is 3.49. The molecule has 0 aromatic carbocycles. The normalized spacial score (nSPS) is 27.1. The van der Waals surface area contributed by atoms with E-state index in [4.69, 9.17) is 4.42 Å². The molecule has 3 N–H and O–H groups in total. The molecule has 2 aliphatic rings. The van der Waals surface area contributed by atoms with Crippen molar-refractivity contribution in [1.82, 2.24) is 16.0 Å². The fraction of sp³-hybridized carbons (Fsp3) is 0.533. The standard InChI is InChI=1S/C15H19N3O4/c1-8-6-9(2)22-11(8)12(19)16-7-10-4-3-5-15(10)13(20)17-14(21)18-15/h6,10H,3-5,7H2,1-2H3,(H,16,19)(H2,17,18,20,21). The number of imide groups is 1. The van der Waals surface area contributed by atoms with Crippen LogP contribution in [0.15, 0.2) is 10.5 Å². The predicted octanol–water partition coefficient (Wildman–Crippen LogP) is 1.00. The molecule has 1 aliphatic heterocycles. The lowest BCUT2D eigenvalue weighted by Crippen LogP contribution is -2.53. The molecule has 1 aromatic rings. The average Bonchev–Trinajstić information content (AvgIpc) is 3.08. The van der Waals surface area contributed by atoms with Gasteiger partial charge in [-0.15, -0.1) is 0 Å². The second kappa shape index (κ2) is 5.15. The van der Waals surface area contributed by atoms with Crippen molar-refractivity contribution in [2.75, 3.05) is 6.54 Å². The van der Waals surface area contributed by atoms with E-state index >= 15 is 0 Å². The van der Waals surface area contributed by atoms with Gasteiger partial charge in [0.15, 0.2) is 5.76 Å². The van der Waals surface area contributed by atoms with E-state index < -0.39 is 11.6 Å². The summed E-state index contributed by atoms with van der Waals surface area (Å²) in [4.78, 5) is 35.7. The van der Waals surface area contributed by atoms with E-state index in [1.807, 2.05) is 6.92 Å². The zero-order valence-electron chi connectivity index (χ0n) is 12.6. The lowest BCUT2D eigenvalue weighted by atomic mass is 9.87. The van der Waals surface area contributed by atoms with E-state index in [2.05, 4.69) is 16.0 Å². The van der Waals surface area contributed by atoms with Gasteiger partial charge in [-0.1, -0.05) is 6.42 Å². The van der Waals surface area contributed by atoms with Crippen LogP contribution in [0, 0.1) is 19.8 Å². The number of rotatable bonds is 3. The first-order chi connectivity index (χ1) is 10.4. The molecule has 1 saturated heterocycles. The van der Waals surface area contributed by atoms with Crippen LogP contribution in [0.25, 0.3) is 0 Å². The summed E-state index contributed by atoms with van der Waals surface area (Å²) in [5.41, 5.74) is -0.0959. The fourth-order valence-electron chi connectivity index (χ4n) is 3.49. The van der Waals surface area contributed by atoms with Gasteiger partial charge in [-0.3, -0.25) is 14.9 Å². The molecule has 7 nitrogen and oxygen atoms in total. The minimum atomic E-state index is -0.876. The number of aryl methyl sites for hydroxylation is 2. The minimum absolute atomic E-state index is 0.112. The van der Waals surface area contributed by atoms with Crippen LogP contribution in [-0.4, -0.2) is 29.9 Å². The molecule has 3 rings (SSSR count). The Morgan fingerprint density at radius 2 is 2.23 bits per heavy atom. The molecule has 0 bridgehead atoms. The zero-order valence-corrected chi connectivity index (χ0v) is 12.6. The van der Waals surface area contributed by atoms with E-state index in [0.29, 0.717) is 24.5 Å². The number of carbonyl (C=O) groups excluding carboxylic acids is 3. The van der Waals surface area contributed by atoms with E-state index in [1.165, 1.54) is 0 Å². The van der Waals surface area contributed by atoms with E-state index in [9.17, 15) is 14.4 Å². The molecule has 22 heavy (non-hydrogen) atoms. The molecule has 1 aliphatic carbocycles. The van der Waals surface area contributed by atoms with Gasteiger partial charge in [0.2, 0.25) is 0 Å². The third-order valence-electron chi connectivity index (χ3n) is 4.55. The molecule has 118 valence electrons. The van der Waals surface area contributed by atoms with Crippen LogP contribution < -0.4 is 16.0 Å². The van der Waals surface area contributed by atoms with Gasteiger partial charge in [-0.25, -0.2) is 4.79 Å². The van der Waals surface area contributed by atoms with Crippen molar-refractivity contribution in [3.63, 3.8) is 0 Å². The van der Waals surface area contributed by atoms with Crippen LogP contribution in [0.2, 0.25) is 0 Å².